The molecule has 0 aliphatic heterocycles. The van der Waals surface area contributed by atoms with E-state index in [0.717, 1.165) is 0 Å². The normalized spacial score (nSPS) is 13.3. The number of allylic oxidation sites excluding steroid dienone is 2. The second-order valence-electron chi connectivity index (χ2n) is 2.49. The standard InChI is InChI=1S/C8H4F6O3/c9-7(10,11)3-1-5(15)17-6(16)2-4-8(12,13)14/h1-4H/b3-1+,4-2+. The molecule has 0 atom stereocenters. The predicted octanol–water partition coefficient (Wildman–Crippen LogP) is 2.29. The summed E-state index contributed by atoms with van der Waals surface area (Å²) in [5.74, 6) is -3.45. The molecule has 9 heteroatoms. The third-order valence-corrected chi connectivity index (χ3v) is 1.02. The Labute approximate surface area is 90.3 Å². The first-order valence-corrected chi connectivity index (χ1v) is 3.77. The Balaban J connectivity index is 4.29. The molecule has 0 aromatic heterocycles. The fourth-order valence-electron chi connectivity index (χ4n) is 0.492. The summed E-state index contributed by atoms with van der Waals surface area (Å²) >= 11 is 0. The van der Waals surface area contributed by atoms with Crippen molar-refractivity contribution < 1.29 is 40.7 Å². The van der Waals surface area contributed by atoms with Crippen LogP contribution >= 0.6 is 0 Å². The maximum absolute atomic E-state index is 11.5. The van der Waals surface area contributed by atoms with Gasteiger partial charge in [-0.05, 0) is 0 Å². The number of halogens is 6. The van der Waals surface area contributed by atoms with Crippen LogP contribution in [0.4, 0.5) is 26.3 Å². The van der Waals surface area contributed by atoms with E-state index in [1.165, 1.54) is 0 Å². The van der Waals surface area contributed by atoms with E-state index in [1.807, 2.05) is 0 Å². The van der Waals surface area contributed by atoms with Crippen molar-refractivity contribution in [3.8, 4) is 0 Å². The van der Waals surface area contributed by atoms with Gasteiger partial charge in [0, 0.05) is 24.3 Å². The summed E-state index contributed by atoms with van der Waals surface area (Å²) in [5.41, 5.74) is 0. The zero-order valence-corrected chi connectivity index (χ0v) is 7.80. The lowest BCUT2D eigenvalue weighted by Crippen LogP contribution is -2.11. The van der Waals surface area contributed by atoms with E-state index in [0.29, 0.717) is 0 Å². The molecule has 96 valence electrons. The van der Waals surface area contributed by atoms with Gasteiger partial charge in [0.05, 0.1) is 0 Å². The van der Waals surface area contributed by atoms with Gasteiger partial charge in [0.15, 0.2) is 0 Å². The number of esters is 2. The SMILES string of the molecule is O=C(/C=C/C(F)(F)F)OC(=O)/C=C/C(F)(F)F. The Hall–Kier alpha value is -1.80. The molecule has 0 saturated heterocycles. The van der Waals surface area contributed by atoms with Gasteiger partial charge in [0.25, 0.3) is 0 Å². The number of alkyl halides is 6. The highest BCUT2D eigenvalue weighted by Gasteiger charge is 2.24. The smallest absolute Gasteiger partial charge is 0.387 e. The van der Waals surface area contributed by atoms with Crippen molar-refractivity contribution in [2.24, 2.45) is 0 Å². The average molecular weight is 262 g/mol. The van der Waals surface area contributed by atoms with E-state index >= 15 is 0 Å². The van der Waals surface area contributed by atoms with Crippen molar-refractivity contribution >= 4 is 11.9 Å². The van der Waals surface area contributed by atoms with Crippen LogP contribution in [0.15, 0.2) is 24.3 Å². The summed E-state index contributed by atoms with van der Waals surface area (Å²) in [6.45, 7) is 0. The van der Waals surface area contributed by atoms with Crippen LogP contribution in [0.25, 0.3) is 0 Å². The molecule has 0 aliphatic rings. The lowest BCUT2D eigenvalue weighted by Gasteiger charge is -1.98. The number of rotatable bonds is 2. The molecular formula is C8H4F6O3. The van der Waals surface area contributed by atoms with Crippen LogP contribution in [0, 0.1) is 0 Å². The van der Waals surface area contributed by atoms with Gasteiger partial charge in [0.1, 0.15) is 0 Å². The molecular weight excluding hydrogens is 258 g/mol. The molecule has 0 heterocycles. The largest absolute Gasteiger partial charge is 0.410 e. The monoisotopic (exact) mass is 262 g/mol. The Kier molecular flexibility index (Phi) is 4.92. The minimum atomic E-state index is -4.79. The van der Waals surface area contributed by atoms with Crippen molar-refractivity contribution in [1.29, 1.82) is 0 Å². The Morgan fingerprint density at radius 3 is 1.29 bits per heavy atom. The third kappa shape index (κ3) is 10.5. The Bertz CT molecular complexity index is 315. The topological polar surface area (TPSA) is 43.4 Å². The summed E-state index contributed by atoms with van der Waals surface area (Å²) in [4.78, 5) is 21.0. The summed E-state index contributed by atoms with van der Waals surface area (Å²) < 4.78 is 72.7. The Morgan fingerprint density at radius 2 is 1.06 bits per heavy atom. The quantitative estimate of drug-likeness (QED) is 0.332. The average Bonchev–Trinajstić information content (AvgIpc) is 2.09. The van der Waals surface area contributed by atoms with Crippen LogP contribution in [-0.4, -0.2) is 24.3 Å². The van der Waals surface area contributed by atoms with E-state index in [2.05, 4.69) is 4.74 Å². The highest BCUT2D eigenvalue weighted by Crippen LogP contribution is 2.16. The van der Waals surface area contributed by atoms with Gasteiger partial charge in [-0.3, -0.25) is 0 Å². The van der Waals surface area contributed by atoms with Crippen LogP contribution in [0.5, 0.6) is 0 Å². The van der Waals surface area contributed by atoms with E-state index in [1.54, 1.807) is 0 Å². The number of carbonyl (C=O) groups excluding carboxylic acids is 2. The van der Waals surface area contributed by atoms with Crippen molar-refractivity contribution in [2.45, 2.75) is 12.4 Å². The fourth-order valence-corrected chi connectivity index (χ4v) is 0.492. The van der Waals surface area contributed by atoms with Gasteiger partial charge in [-0.15, -0.1) is 0 Å². The van der Waals surface area contributed by atoms with E-state index in [9.17, 15) is 35.9 Å². The molecule has 0 bridgehead atoms. The highest BCUT2D eigenvalue weighted by molar-refractivity contribution is 5.96. The summed E-state index contributed by atoms with van der Waals surface area (Å²) in [6.07, 6.45) is -10.9. The number of hydrogen-bond donors (Lipinski definition) is 0. The van der Waals surface area contributed by atoms with E-state index in [4.69, 9.17) is 0 Å². The van der Waals surface area contributed by atoms with Crippen LogP contribution in [-0.2, 0) is 14.3 Å². The maximum Gasteiger partial charge on any atom is 0.410 e. The first-order valence-electron chi connectivity index (χ1n) is 3.77. The minimum absolute atomic E-state index is 0.126. The van der Waals surface area contributed by atoms with Crippen LogP contribution in [0.1, 0.15) is 0 Å². The number of carbonyl (C=O) groups is 2. The number of ether oxygens (including phenoxy) is 1. The molecule has 0 aromatic rings. The second-order valence-corrected chi connectivity index (χ2v) is 2.49. The van der Waals surface area contributed by atoms with Crippen LogP contribution in [0.2, 0.25) is 0 Å². The molecule has 0 fully saturated rings. The molecule has 0 amide bonds. The molecule has 0 spiro atoms. The molecule has 0 radical (unpaired) electrons. The summed E-state index contributed by atoms with van der Waals surface area (Å²) in [5, 5.41) is 0. The van der Waals surface area contributed by atoms with E-state index in [-0.39, 0.29) is 12.2 Å². The first kappa shape index (κ1) is 15.2. The predicted molar refractivity (Wildman–Crippen MR) is 41.5 cm³/mol. The highest BCUT2D eigenvalue weighted by atomic mass is 19.4. The van der Waals surface area contributed by atoms with Gasteiger partial charge in [-0.2, -0.15) is 26.3 Å². The number of hydrogen-bond acceptors (Lipinski definition) is 3. The molecule has 0 aliphatic carbocycles. The first-order chi connectivity index (χ1) is 7.49. The Morgan fingerprint density at radius 1 is 0.765 bits per heavy atom. The molecule has 17 heavy (non-hydrogen) atoms. The van der Waals surface area contributed by atoms with Crippen molar-refractivity contribution in [1.82, 2.24) is 0 Å². The molecule has 0 saturated carbocycles. The third-order valence-electron chi connectivity index (χ3n) is 1.02. The lowest BCUT2D eigenvalue weighted by molar-refractivity contribution is -0.153. The molecule has 0 N–H and O–H groups in total. The molecule has 0 unspecified atom stereocenters. The van der Waals surface area contributed by atoms with Gasteiger partial charge in [0.2, 0.25) is 0 Å². The maximum atomic E-state index is 11.5. The van der Waals surface area contributed by atoms with E-state index < -0.39 is 36.4 Å². The zero-order chi connectivity index (χ0) is 13.7. The molecule has 0 rings (SSSR count). The summed E-state index contributed by atoms with van der Waals surface area (Å²) in [7, 11) is 0. The van der Waals surface area contributed by atoms with Crippen molar-refractivity contribution in [2.75, 3.05) is 0 Å². The van der Waals surface area contributed by atoms with Gasteiger partial charge < -0.3 is 4.74 Å². The van der Waals surface area contributed by atoms with Crippen LogP contribution in [0.3, 0.4) is 0 Å². The van der Waals surface area contributed by atoms with Gasteiger partial charge >= 0.3 is 24.3 Å². The minimum Gasteiger partial charge on any atom is -0.387 e. The lowest BCUT2D eigenvalue weighted by atomic mass is 10.4. The second kappa shape index (κ2) is 5.51. The van der Waals surface area contributed by atoms with Crippen LogP contribution < -0.4 is 0 Å². The van der Waals surface area contributed by atoms with Gasteiger partial charge in [-0.1, -0.05) is 0 Å². The molecule has 3 nitrogen and oxygen atoms in total. The zero-order valence-electron chi connectivity index (χ0n) is 7.80. The van der Waals surface area contributed by atoms with Crippen molar-refractivity contribution in [3.63, 3.8) is 0 Å². The van der Waals surface area contributed by atoms with Crippen molar-refractivity contribution in [3.05, 3.63) is 24.3 Å². The van der Waals surface area contributed by atoms with Gasteiger partial charge in [-0.25, -0.2) is 9.59 Å². The molecule has 0 aromatic carbocycles. The fraction of sp³-hybridized carbons (Fsp3) is 0.250. The summed E-state index contributed by atoms with van der Waals surface area (Å²) in [6, 6.07) is 0.